The van der Waals surface area contributed by atoms with E-state index in [0.29, 0.717) is 35.6 Å². The summed E-state index contributed by atoms with van der Waals surface area (Å²) in [6, 6.07) is 3.28. The molecule has 1 aromatic carbocycles. The van der Waals surface area contributed by atoms with E-state index in [4.69, 9.17) is 8.85 Å². The summed E-state index contributed by atoms with van der Waals surface area (Å²) in [6.07, 6.45) is 2.15. The average Bonchev–Trinajstić information content (AvgIpc) is 3.30. The molecule has 1 saturated heterocycles. The minimum Gasteiger partial charge on any atom is -0.367 e. The third-order valence-corrected chi connectivity index (χ3v) is 5.63. The minimum atomic E-state index is -2.40. The second-order valence-corrected chi connectivity index (χ2v) is 8.12. The van der Waals surface area contributed by atoms with E-state index in [0.717, 1.165) is 16.8 Å². The van der Waals surface area contributed by atoms with Gasteiger partial charge in [0.25, 0.3) is 0 Å². The van der Waals surface area contributed by atoms with Crippen LogP contribution in [-0.4, -0.2) is 48.9 Å². The number of morpholine rings is 1. The Morgan fingerprint density at radius 2 is 1.91 bits per heavy atom. The molecule has 33 heavy (non-hydrogen) atoms. The van der Waals surface area contributed by atoms with E-state index >= 15 is 0 Å². The van der Waals surface area contributed by atoms with Crippen molar-refractivity contribution in [2.45, 2.75) is 33.0 Å². The van der Waals surface area contributed by atoms with Crippen molar-refractivity contribution in [3.8, 4) is 11.3 Å². The minimum absolute atomic E-state index is 0.0828. The van der Waals surface area contributed by atoms with Crippen molar-refractivity contribution in [2.75, 3.05) is 18.0 Å². The van der Waals surface area contributed by atoms with Gasteiger partial charge in [0.05, 0.1) is 30.2 Å². The lowest BCUT2D eigenvalue weighted by Crippen LogP contribution is -2.43. The number of rotatable bonds is 3. The van der Waals surface area contributed by atoms with Gasteiger partial charge in [0.1, 0.15) is 28.9 Å². The smallest absolute Gasteiger partial charge is 0.228 e. The summed E-state index contributed by atoms with van der Waals surface area (Å²) in [5, 5.41) is 3.95. The Hall–Kier alpha value is -3.53. The van der Waals surface area contributed by atoms with Gasteiger partial charge in [-0.05, 0) is 32.9 Å². The molecule has 3 aromatic heterocycles. The lowest BCUT2D eigenvalue weighted by atomic mass is 10.1. The predicted octanol–water partition coefficient (Wildman–Crippen LogP) is 3.68. The molecule has 0 spiro atoms. The zero-order valence-corrected chi connectivity index (χ0v) is 18.3. The first-order valence-electron chi connectivity index (χ1n) is 11.9. The molecule has 8 nitrogen and oxygen atoms in total. The first kappa shape index (κ1) is 18.0. The SMILES string of the molecule is [2H]C([2H])([2H])n1cc(C2CN(c3nc(-c4ccc(F)cc4F)c4nc(C)c(C)nc4n3)CC(C)O2)cn1. The fraction of sp³-hybridized carbons (Fsp3) is 0.348. The van der Waals surface area contributed by atoms with Crippen LogP contribution in [0.2, 0.25) is 0 Å². The maximum atomic E-state index is 14.8. The first-order chi connectivity index (χ1) is 17.0. The largest absolute Gasteiger partial charge is 0.367 e. The Morgan fingerprint density at radius 1 is 1.09 bits per heavy atom. The van der Waals surface area contributed by atoms with Crippen LogP contribution in [0.4, 0.5) is 14.7 Å². The van der Waals surface area contributed by atoms with Crippen LogP contribution in [0.3, 0.4) is 0 Å². The van der Waals surface area contributed by atoms with Crippen LogP contribution in [0.5, 0.6) is 0 Å². The Balaban J connectivity index is 1.59. The number of aryl methyl sites for hydroxylation is 3. The molecule has 0 bridgehead atoms. The van der Waals surface area contributed by atoms with Crippen molar-refractivity contribution in [3.05, 3.63) is 59.2 Å². The van der Waals surface area contributed by atoms with Crippen LogP contribution in [0.1, 0.15) is 34.1 Å². The number of ether oxygens (including phenoxy) is 1. The van der Waals surface area contributed by atoms with Crippen molar-refractivity contribution in [1.29, 1.82) is 0 Å². The average molecular weight is 454 g/mol. The lowest BCUT2D eigenvalue weighted by molar-refractivity contribution is -0.0178. The van der Waals surface area contributed by atoms with Gasteiger partial charge in [-0.1, -0.05) is 0 Å². The number of nitrogens with zero attached hydrogens (tertiary/aromatic N) is 7. The second-order valence-electron chi connectivity index (χ2n) is 8.12. The van der Waals surface area contributed by atoms with Crippen LogP contribution < -0.4 is 4.90 Å². The number of benzene rings is 1. The maximum Gasteiger partial charge on any atom is 0.228 e. The van der Waals surface area contributed by atoms with E-state index < -0.39 is 24.7 Å². The van der Waals surface area contributed by atoms with Crippen molar-refractivity contribution in [3.63, 3.8) is 0 Å². The monoisotopic (exact) mass is 454 g/mol. The van der Waals surface area contributed by atoms with Crippen molar-refractivity contribution in [2.24, 2.45) is 6.98 Å². The van der Waals surface area contributed by atoms with E-state index in [1.54, 1.807) is 13.8 Å². The molecule has 1 aliphatic heterocycles. The van der Waals surface area contributed by atoms with Crippen molar-refractivity contribution < 1.29 is 17.6 Å². The number of halogens is 2. The van der Waals surface area contributed by atoms with Crippen LogP contribution in [0.25, 0.3) is 22.4 Å². The number of fused-ring (bicyclic) bond motifs is 1. The summed E-state index contributed by atoms with van der Waals surface area (Å²) in [5.41, 5.74) is 2.79. The third kappa shape index (κ3) is 4.02. The van der Waals surface area contributed by atoms with Gasteiger partial charge in [-0.3, -0.25) is 4.68 Å². The van der Waals surface area contributed by atoms with Gasteiger partial charge in [-0.2, -0.15) is 10.1 Å². The lowest BCUT2D eigenvalue weighted by Gasteiger charge is -2.36. The van der Waals surface area contributed by atoms with Crippen molar-refractivity contribution in [1.82, 2.24) is 29.7 Å². The third-order valence-electron chi connectivity index (χ3n) is 5.63. The zero-order chi connectivity index (χ0) is 25.8. The molecule has 2 atom stereocenters. The number of aromatic nitrogens is 6. The Kier molecular flexibility index (Phi) is 4.41. The van der Waals surface area contributed by atoms with E-state index in [9.17, 15) is 8.78 Å². The molecule has 1 fully saturated rings. The molecular formula is C23H23F2N7O. The van der Waals surface area contributed by atoms with Crippen LogP contribution in [0, 0.1) is 25.5 Å². The Labute approximate surface area is 193 Å². The quantitative estimate of drug-likeness (QED) is 0.467. The highest BCUT2D eigenvalue weighted by atomic mass is 19.1. The van der Waals surface area contributed by atoms with E-state index in [2.05, 4.69) is 25.0 Å². The molecule has 5 rings (SSSR count). The predicted molar refractivity (Wildman–Crippen MR) is 119 cm³/mol. The molecule has 0 radical (unpaired) electrons. The summed E-state index contributed by atoms with van der Waals surface area (Å²) in [6.45, 7) is 3.79. The fourth-order valence-corrected chi connectivity index (χ4v) is 3.91. The van der Waals surface area contributed by atoms with Gasteiger partial charge in [-0.15, -0.1) is 0 Å². The normalized spacial score (nSPS) is 20.5. The summed E-state index contributed by atoms with van der Waals surface area (Å²) < 4.78 is 58.1. The highest BCUT2D eigenvalue weighted by Crippen LogP contribution is 2.32. The number of hydrogen-bond acceptors (Lipinski definition) is 7. The molecule has 1 aliphatic rings. The van der Waals surface area contributed by atoms with Crippen LogP contribution in [-0.2, 0) is 11.7 Å². The fourth-order valence-electron chi connectivity index (χ4n) is 3.91. The molecule has 2 unspecified atom stereocenters. The second kappa shape index (κ2) is 8.11. The highest BCUT2D eigenvalue weighted by Gasteiger charge is 2.30. The summed E-state index contributed by atoms with van der Waals surface area (Å²) in [5.74, 6) is -1.19. The number of hydrogen-bond donors (Lipinski definition) is 0. The van der Waals surface area contributed by atoms with Gasteiger partial charge in [-0.25, -0.2) is 23.7 Å². The van der Waals surface area contributed by atoms with Gasteiger partial charge in [0.15, 0.2) is 5.65 Å². The number of anilines is 1. The standard InChI is InChI=1S/C23H23F2N7O/c1-12-9-32(11-19(33-12)15-8-26-31(4)10-15)23-29-20(17-6-5-16(24)7-18(17)25)21-22(30-23)28-14(3)13(2)27-21/h5-8,10,12,19H,9,11H2,1-4H3/i4D3. The van der Waals surface area contributed by atoms with Crippen LogP contribution in [0.15, 0.2) is 30.6 Å². The molecule has 10 heteroatoms. The zero-order valence-electron chi connectivity index (χ0n) is 21.3. The summed E-state index contributed by atoms with van der Waals surface area (Å²) in [7, 11) is 0. The summed E-state index contributed by atoms with van der Waals surface area (Å²) in [4.78, 5) is 20.2. The highest BCUT2D eigenvalue weighted by molar-refractivity contribution is 5.88. The van der Waals surface area contributed by atoms with Gasteiger partial charge >= 0.3 is 0 Å². The molecular weight excluding hydrogens is 428 g/mol. The molecule has 0 amide bonds. The van der Waals surface area contributed by atoms with Crippen LogP contribution >= 0.6 is 0 Å². The van der Waals surface area contributed by atoms with E-state index in [1.807, 2.05) is 11.8 Å². The topological polar surface area (TPSA) is 81.9 Å². The molecule has 0 N–H and O–H groups in total. The molecule has 170 valence electrons. The maximum absolute atomic E-state index is 14.8. The van der Waals surface area contributed by atoms with E-state index in [1.165, 1.54) is 18.5 Å². The van der Waals surface area contributed by atoms with Gasteiger partial charge in [0, 0.05) is 41.0 Å². The summed E-state index contributed by atoms with van der Waals surface area (Å²) >= 11 is 0. The Morgan fingerprint density at radius 3 is 2.67 bits per heavy atom. The molecule has 4 heterocycles. The van der Waals surface area contributed by atoms with Crippen molar-refractivity contribution >= 4 is 17.1 Å². The van der Waals surface area contributed by atoms with Gasteiger partial charge in [0.2, 0.25) is 5.95 Å². The molecule has 0 saturated carbocycles. The van der Waals surface area contributed by atoms with E-state index in [-0.39, 0.29) is 29.0 Å². The van der Waals surface area contributed by atoms with Gasteiger partial charge < -0.3 is 9.64 Å². The molecule has 0 aliphatic carbocycles. The molecule has 4 aromatic rings. The first-order valence-corrected chi connectivity index (χ1v) is 10.4. The Bertz CT molecular complexity index is 1460.